The summed E-state index contributed by atoms with van der Waals surface area (Å²) in [7, 11) is 0. The monoisotopic (exact) mass is 1870 g/mol. The number of primary amides is 3. The third kappa shape index (κ3) is 31.7. The molecule has 44 nitrogen and oxygen atoms in total. The number of aromatic nitrogens is 1. The van der Waals surface area contributed by atoms with E-state index in [1.54, 1.807) is 71.0 Å². The van der Waals surface area contributed by atoms with Crippen molar-refractivity contribution in [2.45, 2.75) is 224 Å². The maximum atomic E-state index is 15.2. The van der Waals surface area contributed by atoms with Crippen molar-refractivity contribution in [3.63, 3.8) is 0 Å². The molecule has 17 amide bonds. The van der Waals surface area contributed by atoms with Gasteiger partial charge in [0.15, 0.2) is 5.43 Å². The molecule has 44 heteroatoms. The van der Waals surface area contributed by atoms with E-state index in [1.807, 2.05) is 0 Å². The summed E-state index contributed by atoms with van der Waals surface area (Å²) in [5, 5.41) is 74.6. The Hall–Kier alpha value is -14.5. The Morgan fingerprint density at radius 3 is 1.60 bits per heavy atom. The molecule has 2 aliphatic heterocycles. The molecular formula is C90H121N19O25. The number of hydrogen-bond donors (Lipinski definition) is 22. The molecule has 0 spiro atoms. The number of nitrogens with two attached hydrogens (primary N) is 4. The average molecular weight is 1870 g/mol. The van der Waals surface area contributed by atoms with Gasteiger partial charge in [0.1, 0.15) is 89.6 Å². The molecule has 0 radical (unpaired) electrons. The fraction of sp³-hybridized carbons (Fsp3) is 0.489. The molecule has 1 aromatic heterocycles. The number of nitrogens with zero attached hydrogens (tertiary/aromatic N) is 1. The minimum absolute atomic E-state index is 0.0286. The quantitative estimate of drug-likeness (QED) is 0.0197. The van der Waals surface area contributed by atoms with Crippen LogP contribution in [0.1, 0.15) is 161 Å². The van der Waals surface area contributed by atoms with Crippen LogP contribution in [0.5, 0.6) is 5.75 Å². The van der Waals surface area contributed by atoms with Crippen LogP contribution in [-0.2, 0) is 92.7 Å². The molecule has 13 atom stereocenters. The number of aliphatic hydroxyl groups is 1. The number of amides is 17. The van der Waals surface area contributed by atoms with E-state index in [2.05, 4.69) is 74.1 Å². The topological polar surface area (TPSA) is 715 Å². The zero-order chi connectivity index (χ0) is 99.1. The summed E-state index contributed by atoms with van der Waals surface area (Å²) in [4.78, 5) is 286. The number of aromatic hydroxyl groups is 1. The molecule has 726 valence electrons. The maximum Gasteiger partial charge on any atom is 0.305 e. The van der Waals surface area contributed by atoms with Crippen molar-refractivity contribution in [2.24, 2.45) is 46.6 Å². The summed E-state index contributed by atoms with van der Waals surface area (Å²) in [6.45, 7) is 10.1. The second-order valence-corrected chi connectivity index (χ2v) is 34.2. The van der Waals surface area contributed by atoms with Crippen LogP contribution < -0.4 is 97.5 Å². The molecule has 134 heavy (non-hydrogen) atoms. The number of benzene rings is 4. The van der Waals surface area contributed by atoms with E-state index in [0.717, 1.165) is 4.90 Å². The summed E-state index contributed by atoms with van der Waals surface area (Å²) in [5.74, 6) is -25.6. The highest BCUT2D eigenvalue weighted by atomic mass is 16.4. The Labute approximate surface area is 770 Å². The lowest BCUT2D eigenvalue weighted by atomic mass is 9.90. The number of aliphatic hydroxyl groups excluding tert-OH is 1. The first kappa shape index (κ1) is 107. The van der Waals surface area contributed by atoms with Crippen LogP contribution >= 0.6 is 0 Å². The van der Waals surface area contributed by atoms with Gasteiger partial charge >= 0.3 is 11.9 Å². The molecule has 1 saturated heterocycles. The van der Waals surface area contributed by atoms with Crippen LogP contribution in [0, 0.1) is 23.7 Å². The zero-order valence-electron chi connectivity index (χ0n) is 75.7. The molecule has 0 bridgehead atoms. The number of unbranched alkanes of at least 4 members (excludes halogenated alkanes) is 1. The van der Waals surface area contributed by atoms with Gasteiger partial charge in [-0.1, -0.05) is 98.2 Å². The van der Waals surface area contributed by atoms with E-state index in [1.165, 1.54) is 75.5 Å². The summed E-state index contributed by atoms with van der Waals surface area (Å²) >= 11 is 0. The number of H-pyrrole nitrogens is 1. The van der Waals surface area contributed by atoms with Gasteiger partial charge in [0.05, 0.1) is 38.8 Å². The molecule has 0 saturated carbocycles. The molecule has 3 aliphatic rings. The third-order valence-electron chi connectivity index (χ3n) is 22.2. The van der Waals surface area contributed by atoms with E-state index in [-0.39, 0.29) is 106 Å². The van der Waals surface area contributed by atoms with Crippen molar-refractivity contribution in [2.75, 3.05) is 32.8 Å². The van der Waals surface area contributed by atoms with E-state index >= 15 is 9.59 Å². The van der Waals surface area contributed by atoms with Crippen molar-refractivity contribution in [1.29, 1.82) is 0 Å². The number of hydrogen-bond acceptors (Lipinski definition) is 24. The lowest BCUT2D eigenvalue weighted by molar-refractivity contribution is -0.143. The van der Waals surface area contributed by atoms with Crippen molar-refractivity contribution < 1.29 is 116 Å². The first-order chi connectivity index (χ1) is 63.4. The third-order valence-corrected chi connectivity index (χ3v) is 22.2. The van der Waals surface area contributed by atoms with Gasteiger partial charge < -0.3 is 127 Å². The van der Waals surface area contributed by atoms with Crippen LogP contribution in [0.2, 0.25) is 0 Å². The highest BCUT2D eigenvalue weighted by Crippen LogP contribution is 2.42. The van der Waals surface area contributed by atoms with Crippen molar-refractivity contribution in [3.05, 3.63) is 112 Å². The molecule has 1 aliphatic carbocycles. The first-order valence-electron chi connectivity index (χ1n) is 44.0. The number of aromatic amines is 1. The number of fused-ring (bicyclic) bond motifs is 3. The van der Waals surface area contributed by atoms with Gasteiger partial charge in [-0.15, -0.1) is 0 Å². The average Bonchev–Trinajstić information content (AvgIpc) is 0.996. The number of rotatable bonds is 27. The van der Waals surface area contributed by atoms with Gasteiger partial charge in [-0.25, -0.2) is 0 Å². The highest BCUT2D eigenvalue weighted by Gasteiger charge is 2.41. The second-order valence-electron chi connectivity index (χ2n) is 34.2. The van der Waals surface area contributed by atoms with Gasteiger partial charge in [-0.2, -0.15) is 0 Å². The van der Waals surface area contributed by atoms with E-state index in [0.29, 0.717) is 33.0 Å². The van der Waals surface area contributed by atoms with E-state index in [9.17, 15) is 107 Å². The molecule has 4 aromatic rings. The fourth-order valence-corrected chi connectivity index (χ4v) is 15.1. The Balaban J connectivity index is 1.30. The highest BCUT2D eigenvalue weighted by molar-refractivity contribution is 6.11. The Bertz CT molecular complexity index is 5320. The standard InChI is InChI=1S/C90H121N19O25/c1-9-47(8)77-89(132)105-64(39-73(117)118)86(129)103-62(37-69(92)113)84(127)100-60(33-45(4)5)82(125)104-65(40-74(119)120)87(130)107-76(46(6)7)90(133)109(42-71(94)115)31-17-16-30-95-79(122)58(98-78(121)53-20-11-10-19-52(53)75-54-25-23-49(111)35-67(54)134-68-36-50(112)24-26-55(68)75)27-28-72(116)97-61(34-48-41-96-56-21-13-12-18-51(48)56)83(126)102-63(38-70(93)114)85(128)106-66(43-110)88(131)101-59(32-44(2)3)81(124)99-57(80(123)108-77)22-14-15-29-91/h10-13,18-21,23-26,35-36,41,44-47,57-66,76-77,96,110-111H,9,14-17,22,27-34,37-40,42-43,91H2,1-8H3,(H2,92,113)(H2,93,114)(H2,94,115)(H,95,122)(H,97,116)(H,98,121)(H,99,124)(H,100,127)(H,101,131)(H,102,126)(H,103,129)(H,104,125)(H,105,132)(H,106,128)(H,107,130)(H,108,123)(H,117,118)(H,119,120)/t47-,57-,58?,59-,60-,61-,62-,63-,64-,65-,66-,76-,77-/m0/s1. The van der Waals surface area contributed by atoms with Crippen molar-refractivity contribution in [1.82, 2.24) is 79.0 Å². The van der Waals surface area contributed by atoms with Gasteiger partial charge in [0.25, 0.3) is 5.91 Å². The Morgan fingerprint density at radius 1 is 0.522 bits per heavy atom. The van der Waals surface area contributed by atoms with Crippen LogP contribution in [0.4, 0.5) is 0 Å². The van der Waals surface area contributed by atoms with Crippen molar-refractivity contribution >= 4 is 134 Å². The molecule has 3 heterocycles. The number of phenolic OH excluding ortho intramolecular Hbond substituents is 1. The molecule has 7 rings (SSSR count). The molecule has 1 unspecified atom stereocenters. The first-order valence-corrected chi connectivity index (χ1v) is 44.0. The van der Waals surface area contributed by atoms with Gasteiger partial charge in [0, 0.05) is 77.2 Å². The maximum absolute atomic E-state index is 15.2. The SMILES string of the molecule is CC[C@H](C)[C@@H]1NC(=O)[C@H](CCCCN)NC(=O)[C@H](CC(C)C)NC(=O)[C@H](CO)NC(=O)[C@H](CC(N)=O)NC(=O)[C@H](Cc2c[nH]c3ccccc23)NC(=O)CCC(NC(=O)c2ccccc2-c2c3ccc(=O)cc-3oc3cc(O)ccc23)C(=O)NCCCCN(CC(N)=O)C(=O)[C@H](C(C)C)NC(=O)[C@H](CC(=O)O)NC(=O)[C@H](CC(C)C)NC(=O)[C@H](CC(N)=O)NC(=O)[C@H](CC(=O)O)NC1=O. The number of carbonyl (C=O) groups excluding carboxylic acids is 17. The minimum atomic E-state index is -2.14. The Kier molecular flexibility index (Phi) is 40.4. The van der Waals surface area contributed by atoms with E-state index < -0.39 is 266 Å². The molecule has 3 aromatic carbocycles. The summed E-state index contributed by atoms with van der Waals surface area (Å²) in [6.07, 6.45) is -4.71. The van der Waals surface area contributed by atoms with Crippen molar-refractivity contribution in [3.8, 4) is 28.2 Å². The molecular weight excluding hydrogens is 1750 g/mol. The van der Waals surface area contributed by atoms with Gasteiger partial charge in [-0.3, -0.25) is 95.9 Å². The van der Waals surface area contributed by atoms with Gasteiger partial charge in [0.2, 0.25) is 94.5 Å². The Morgan fingerprint density at radius 2 is 1.04 bits per heavy atom. The zero-order valence-corrected chi connectivity index (χ0v) is 75.7. The minimum Gasteiger partial charge on any atom is -0.508 e. The molecule has 1 fully saturated rings. The summed E-state index contributed by atoms with van der Waals surface area (Å²) in [6, 6.07) is -0.694. The van der Waals surface area contributed by atoms with E-state index in [4.69, 9.17) is 27.4 Å². The fourth-order valence-electron chi connectivity index (χ4n) is 15.1. The summed E-state index contributed by atoms with van der Waals surface area (Å²) < 4.78 is 6.07. The van der Waals surface area contributed by atoms with Gasteiger partial charge in [-0.05, 0) is 129 Å². The van der Waals surface area contributed by atoms with Crippen LogP contribution in [0.15, 0.2) is 100 Å². The number of carboxylic acids is 2. The smallest absolute Gasteiger partial charge is 0.305 e. The molecule has 26 N–H and O–H groups in total. The van der Waals surface area contributed by atoms with Crippen LogP contribution in [0.25, 0.3) is 44.3 Å². The number of aliphatic carboxylic acids is 2. The number of para-hydroxylation sites is 1. The largest absolute Gasteiger partial charge is 0.508 e. The predicted octanol–water partition coefficient (Wildman–Crippen LogP) is -1.95. The predicted molar refractivity (Wildman–Crippen MR) is 483 cm³/mol. The van der Waals surface area contributed by atoms with Crippen LogP contribution in [-0.4, -0.2) is 248 Å². The number of nitrogens with one attached hydrogen (secondary N) is 14. The lowest BCUT2D eigenvalue weighted by Crippen LogP contribution is -2.62. The normalized spacial score (nSPS) is 22.3. The number of phenols is 1. The summed E-state index contributed by atoms with van der Waals surface area (Å²) in [5.41, 5.74) is 24.3. The van der Waals surface area contributed by atoms with Crippen LogP contribution in [0.3, 0.4) is 0 Å². The lowest BCUT2D eigenvalue weighted by Gasteiger charge is -2.31. The second kappa shape index (κ2) is 50.8. The number of carbonyl (C=O) groups is 19. The number of carboxylic acid groups (broad SMARTS) is 2.